The molecule has 5 rings (SSSR count). The highest BCUT2D eigenvalue weighted by Crippen LogP contribution is 2.31. The van der Waals surface area contributed by atoms with E-state index in [0.29, 0.717) is 36.1 Å². The molecule has 2 aromatic carbocycles. The molecule has 182 valence electrons. The zero-order valence-electron chi connectivity index (χ0n) is 19.7. The minimum Gasteiger partial charge on any atom is -0.378 e. The highest BCUT2D eigenvalue weighted by molar-refractivity contribution is 6.00. The zero-order valence-corrected chi connectivity index (χ0v) is 19.7. The van der Waals surface area contributed by atoms with E-state index in [1.165, 1.54) is 6.92 Å². The molecule has 1 amide bonds. The summed E-state index contributed by atoms with van der Waals surface area (Å²) in [5.41, 5.74) is 4.61. The predicted molar refractivity (Wildman–Crippen MR) is 139 cm³/mol. The summed E-state index contributed by atoms with van der Waals surface area (Å²) < 4.78 is 18.6. The second kappa shape index (κ2) is 10.5. The number of ether oxygens (including phenoxy) is 1. The highest BCUT2D eigenvalue weighted by Gasteiger charge is 2.16. The normalized spacial score (nSPS) is 14.1. The number of carbonyl (C=O) groups is 1. The van der Waals surface area contributed by atoms with E-state index in [9.17, 15) is 9.18 Å². The number of para-hydroxylation sites is 3. The lowest BCUT2D eigenvalue weighted by Crippen LogP contribution is -2.36. The Morgan fingerprint density at radius 3 is 2.75 bits per heavy atom. The Kier molecular flexibility index (Phi) is 6.81. The van der Waals surface area contributed by atoms with Crippen LogP contribution in [0.2, 0.25) is 0 Å². The van der Waals surface area contributed by atoms with Crippen LogP contribution in [0.1, 0.15) is 6.92 Å². The summed E-state index contributed by atoms with van der Waals surface area (Å²) in [5, 5.41) is 6.88. The minimum atomic E-state index is -0.567. The highest BCUT2D eigenvalue weighted by atomic mass is 19.1. The first-order valence-corrected chi connectivity index (χ1v) is 11.6. The molecule has 0 atom stereocenters. The van der Waals surface area contributed by atoms with Crippen LogP contribution < -0.4 is 15.5 Å². The summed E-state index contributed by atoms with van der Waals surface area (Å²) in [7, 11) is 0. The largest absolute Gasteiger partial charge is 0.378 e. The van der Waals surface area contributed by atoms with Crippen molar-refractivity contribution in [3.8, 4) is 11.3 Å². The summed E-state index contributed by atoms with van der Waals surface area (Å²) in [4.78, 5) is 28.0. The molecular weight excluding hydrogens is 459 g/mol. The fourth-order valence-electron chi connectivity index (χ4n) is 4.12. The number of carbonyl (C=O) groups excluding carboxylic acids is 1. The van der Waals surface area contributed by atoms with Crippen molar-refractivity contribution in [2.24, 2.45) is 0 Å². The van der Waals surface area contributed by atoms with Crippen LogP contribution >= 0.6 is 0 Å². The molecule has 0 aliphatic carbocycles. The Bertz CT molecular complexity index is 1430. The molecule has 2 aromatic heterocycles. The van der Waals surface area contributed by atoms with Gasteiger partial charge in [0.05, 0.1) is 35.8 Å². The molecule has 0 spiro atoms. The van der Waals surface area contributed by atoms with Crippen molar-refractivity contribution < 1.29 is 13.9 Å². The van der Waals surface area contributed by atoms with Crippen molar-refractivity contribution in [2.45, 2.75) is 6.92 Å². The molecule has 0 saturated carbocycles. The van der Waals surface area contributed by atoms with Crippen LogP contribution in [0.5, 0.6) is 0 Å². The van der Waals surface area contributed by atoms with Crippen molar-refractivity contribution in [3.63, 3.8) is 0 Å². The Hall–Kier alpha value is -4.37. The first kappa shape index (κ1) is 23.4. The molecule has 36 heavy (non-hydrogen) atoms. The average Bonchev–Trinajstić information content (AvgIpc) is 2.89. The number of fused-ring (bicyclic) bond motifs is 1. The lowest BCUT2D eigenvalue weighted by Gasteiger charge is -2.30. The number of pyridine rings is 1. The quantitative estimate of drug-likeness (QED) is 0.369. The molecule has 3 heterocycles. The number of hydrogen-bond acceptors (Lipinski definition) is 7. The van der Waals surface area contributed by atoms with Crippen molar-refractivity contribution in [1.29, 1.82) is 0 Å². The maximum Gasteiger partial charge on any atom is 0.250 e. The first-order chi connectivity index (χ1) is 17.6. The number of aromatic nitrogens is 3. The van der Waals surface area contributed by atoms with Gasteiger partial charge in [0.1, 0.15) is 5.83 Å². The van der Waals surface area contributed by atoms with E-state index < -0.39 is 11.7 Å². The van der Waals surface area contributed by atoms with Gasteiger partial charge in [-0.1, -0.05) is 30.3 Å². The Morgan fingerprint density at radius 1 is 1.08 bits per heavy atom. The van der Waals surface area contributed by atoms with Crippen LogP contribution in [0.4, 0.5) is 27.4 Å². The van der Waals surface area contributed by atoms with E-state index >= 15 is 0 Å². The van der Waals surface area contributed by atoms with E-state index in [2.05, 4.69) is 31.6 Å². The van der Waals surface area contributed by atoms with Gasteiger partial charge < -0.3 is 20.3 Å². The van der Waals surface area contributed by atoms with Crippen LogP contribution in [-0.2, 0) is 9.53 Å². The Morgan fingerprint density at radius 2 is 1.92 bits per heavy atom. The maximum absolute atomic E-state index is 13.1. The lowest BCUT2D eigenvalue weighted by molar-refractivity contribution is -0.112. The van der Waals surface area contributed by atoms with Crippen LogP contribution in [0, 0.1) is 0 Å². The van der Waals surface area contributed by atoms with Crippen LogP contribution in [0.25, 0.3) is 22.2 Å². The number of halogens is 1. The van der Waals surface area contributed by atoms with Gasteiger partial charge in [0.15, 0.2) is 0 Å². The van der Waals surface area contributed by atoms with Gasteiger partial charge in [0, 0.05) is 48.2 Å². The van der Waals surface area contributed by atoms with Gasteiger partial charge >= 0.3 is 0 Å². The average molecular weight is 485 g/mol. The Balaban J connectivity index is 1.47. The van der Waals surface area contributed by atoms with E-state index in [0.717, 1.165) is 41.5 Å². The molecule has 0 radical (unpaired) electrons. The van der Waals surface area contributed by atoms with Crippen LogP contribution in [0.3, 0.4) is 0 Å². The second-order valence-electron chi connectivity index (χ2n) is 8.33. The summed E-state index contributed by atoms with van der Waals surface area (Å²) >= 11 is 0. The number of morpholine rings is 1. The van der Waals surface area contributed by atoms with E-state index in [4.69, 9.17) is 9.72 Å². The van der Waals surface area contributed by atoms with Gasteiger partial charge in [-0.2, -0.15) is 0 Å². The molecule has 9 heteroatoms. The number of rotatable bonds is 6. The standard InChI is InChI=1S/C27H25FN6O2/c1-18(28)15-25(35)31-20-9-10-29-23(16-20)21-6-4-5-19-17-30-27(33-26(19)21)32-22-7-2-3-8-24(22)34-11-13-36-14-12-34/h2-10,15-17H,11-14H2,1H3,(H,29,31,35)(H,30,32,33)/b18-15-. The van der Waals surface area contributed by atoms with Crippen molar-refractivity contribution in [3.05, 3.63) is 78.9 Å². The third kappa shape index (κ3) is 5.31. The molecule has 0 bridgehead atoms. The molecular formula is C27H25FN6O2. The van der Waals surface area contributed by atoms with E-state index in [1.54, 1.807) is 24.5 Å². The predicted octanol–water partition coefficient (Wildman–Crippen LogP) is 5.08. The van der Waals surface area contributed by atoms with Crippen molar-refractivity contribution in [2.75, 3.05) is 41.8 Å². The molecule has 4 aromatic rings. The molecule has 1 fully saturated rings. The molecule has 1 aliphatic rings. The minimum absolute atomic E-state index is 0.462. The molecule has 0 unspecified atom stereocenters. The van der Waals surface area contributed by atoms with Crippen LogP contribution in [0.15, 0.2) is 78.9 Å². The van der Waals surface area contributed by atoms with E-state index in [1.807, 2.05) is 36.4 Å². The number of allylic oxidation sites excluding steroid dienone is 1. The number of hydrogen-bond donors (Lipinski definition) is 2. The van der Waals surface area contributed by atoms with Gasteiger partial charge in [0.2, 0.25) is 5.95 Å². The summed E-state index contributed by atoms with van der Waals surface area (Å²) in [5.74, 6) is -0.649. The summed E-state index contributed by atoms with van der Waals surface area (Å²) in [6.07, 6.45) is 4.26. The maximum atomic E-state index is 13.1. The molecule has 8 nitrogen and oxygen atoms in total. The number of benzene rings is 2. The number of amides is 1. The molecule has 1 aliphatic heterocycles. The number of nitrogens with one attached hydrogen (secondary N) is 2. The van der Waals surface area contributed by atoms with E-state index in [-0.39, 0.29) is 0 Å². The van der Waals surface area contributed by atoms with Gasteiger partial charge in [0.25, 0.3) is 5.91 Å². The van der Waals surface area contributed by atoms with Gasteiger partial charge in [-0.25, -0.2) is 14.4 Å². The third-order valence-corrected chi connectivity index (χ3v) is 5.75. The number of anilines is 4. The summed E-state index contributed by atoms with van der Waals surface area (Å²) in [6, 6.07) is 17.2. The first-order valence-electron chi connectivity index (χ1n) is 11.6. The fourth-order valence-corrected chi connectivity index (χ4v) is 4.12. The smallest absolute Gasteiger partial charge is 0.250 e. The monoisotopic (exact) mass is 484 g/mol. The Labute approximate surface area is 207 Å². The SMILES string of the molecule is C/C(F)=C/C(=O)Nc1ccnc(-c2cccc3cnc(Nc4ccccc4N4CCOCC4)nc23)c1. The van der Waals surface area contributed by atoms with Gasteiger partial charge in [-0.3, -0.25) is 9.78 Å². The summed E-state index contributed by atoms with van der Waals surface area (Å²) in [6.45, 7) is 4.25. The van der Waals surface area contributed by atoms with Crippen molar-refractivity contribution >= 4 is 39.8 Å². The lowest BCUT2D eigenvalue weighted by atomic mass is 10.1. The van der Waals surface area contributed by atoms with Gasteiger partial charge in [-0.05, 0) is 31.2 Å². The van der Waals surface area contributed by atoms with Gasteiger partial charge in [-0.15, -0.1) is 0 Å². The zero-order chi connectivity index (χ0) is 24.9. The molecule has 1 saturated heterocycles. The fraction of sp³-hybridized carbons (Fsp3) is 0.185. The second-order valence-corrected chi connectivity index (χ2v) is 8.33. The van der Waals surface area contributed by atoms with Crippen molar-refractivity contribution in [1.82, 2.24) is 15.0 Å². The van der Waals surface area contributed by atoms with Crippen LogP contribution in [-0.4, -0.2) is 47.2 Å². The third-order valence-electron chi connectivity index (χ3n) is 5.75. The molecule has 2 N–H and O–H groups in total. The number of nitrogens with zero attached hydrogens (tertiary/aromatic N) is 4. The topological polar surface area (TPSA) is 92.3 Å².